The van der Waals surface area contributed by atoms with E-state index in [1.807, 2.05) is 56.4 Å². The highest BCUT2D eigenvalue weighted by molar-refractivity contribution is 6.05. The van der Waals surface area contributed by atoms with Gasteiger partial charge in [-0.3, -0.25) is 4.79 Å². The van der Waals surface area contributed by atoms with Gasteiger partial charge in [-0.1, -0.05) is 23.8 Å². The third-order valence-electron chi connectivity index (χ3n) is 3.48. The molecular formula is C17H19NO. The Kier molecular flexibility index (Phi) is 3.70. The molecule has 0 radical (unpaired) electrons. The summed E-state index contributed by atoms with van der Waals surface area (Å²) in [4.78, 5) is 14.1. The van der Waals surface area contributed by atoms with Crippen molar-refractivity contribution in [1.82, 2.24) is 0 Å². The molecule has 0 fully saturated rings. The number of carbonyl (C=O) groups excluding carboxylic acids is 1. The number of rotatable bonds is 2. The standard InChI is InChI=1S/C17H19NO/c1-12-5-8-15(9-6-12)17(19)18(4)16-10-7-13(2)14(3)11-16/h5-11H,1-4H3. The molecule has 0 saturated carbocycles. The van der Waals surface area contributed by atoms with Gasteiger partial charge in [0.05, 0.1) is 0 Å². The Bertz CT molecular complexity index is 599. The predicted molar refractivity (Wildman–Crippen MR) is 79.8 cm³/mol. The summed E-state index contributed by atoms with van der Waals surface area (Å²) in [5, 5.41) is 0. The minimum Gasteiger partial charge on any atom is -0.311 e. The molecule has 0 saturated heterocycles. The zero-order valence-electron chi connectivity index (χ0n) is 11.9. The van der Waals surface area contributed by atoms with E-state index in [0.717, 1.165) is 11.3 Å². The van der Waals surface area contributed by atoms with Gasteiger partial charge in [-0.15, -0.1) is 0 Å². The Morgan fingerprint density at radius 3 is 2.11 bits per heavy atom. The van der Waals surface area contributed by atoms with Crippen molar-refractivity contribution in [2.24, 2.45) is 0 Å². The Morgan fingerprint density at radius 1 is 0.895 bits per heavy atom. The largest absolute Gasteiger partial charge is 0.311 e. The van der Waals surface area contributed by atoms with Gasteiger partial charge in [0, 0.05) is 18.3 Å². The molecule has 0 N–H and O–H groups in total. The van der Waals surface area contributed by atoms with Gasteiger partial charge < -0.3 is 4.90 Å². The van der Waals surface area contributed by atoms with E-state index in [-0.39, 0.29) is 5.91 Å². The van der Waals surface area contributed by atoms with E-state index in [0.29, 0.717) is 5.56 Å². The first kappa shape index (κ1) is 13.3. The van der Waals surface area contributed by atoms with Gasteiger partial charge in [-0.25, -0.2) is 0 Å². The molecule has 2 aromatic rings. The summed E-state index contributed by atoms with van der Waals surface area (Å²) in [6.45, 7) is 6.14. The molecule has 0 atom stereocenters. The fourth-order valence-corrected chi connectivity index (χ4v) is 1.94. The first-order chi connectivity index (χ1) is 8.99. The lowest BCUT2D eigenvalue weighted by molar-refractivity contribution is 0.0993. The van der Waals surface area contributed by atoms with Crippen LogP contribution in [-0.4, -0.2) is 13.0 Å². The number of anilines is 1. The van der Waals surface area contributed by atoms with Crippen LogP contribution >= 0.6 is 0 Å². The first-order valence-corrected chi connectivity index (χ1v) is 6.41. The second kappa shape index (κ2) is 5.27. The quantitative estimate of drug-likeness (QED) is 0.795. The smallest absolute Gasteiger partial charge is 0.258 e. The van der Waals surface area contributed by atoms with Gasteiger partial charge >= 0.3 is 0 Å². The van der Waals surface area contributed by atoms with Crippen molar-refractivity contribution in [1.29, 1.82) is 0 Å². The predicted octanol–water partition coefficient (Wildman–Crippen LogP) is 3.89. The van der Waals surface area contributed by atoms with Crippen molar-refractivity contribution < 1.29 is 4.79 Å². The number of hydrogen-bond acceptors (Lipinski definition) is 1. The van der Waals surface area contributed by atoms with Crippen LogP contribution in [0.1, 0.15) is 27.0 Å². The lowest BCUT2D eigenvalue weighted by Gasteiger charge is -2.18. The molecule has 2 heteroatoms. The van der Waals surface area contributed by atoms with Crippen LogP contribution in [0.25, 0.3) is 0 Å². The molecule has 0 unspecified atom stereocenters. The van der Waals surface area contributed by atoms with Crippen LogP contribution in [0.2, 0.25) is 0 Å². The summed E-state index contributed by atoms with van der Waals surface area (Å²) in [5.41, 5.74) is 5.23. The normalized spacial score (nSPS) is 10.3. The van der Waals surface area contributed by atoms with Crippen LogP contribution in [0.4, 0.5) is 5.69 Å². The summed E-state index contributed by atoms with van der Waals surface area (Å²) >= 11 is 0. The lowest BCUT2D eigenvalue weighted by Crippen LogP contribution is -2.26. The van der Waals surface area contributed by atoms with E-state index >= 15 is 0 Å². The van der Waals surface area contributed by atoms with E-state index in [1.165, 1.54) is 11.1 Å². The van der Waals surface area contributed by atoms with Crippen molar-refractivity contribution in [2.75, 3.05) is 11.9 Å². The Hall–Kier alpha value is -2.09. The summed E-state index contributed by atoms with van der Waals surface area (Å²) in [5.74, 6) is 0.0169. The molecule has 2 rings (SSSR count). The molecule has 0 bridgehead atoms. The average molecular weight is 253 g/mol. The molecule has 0 heterocycles. The number of amides is 1. The maximum Gasteiger partial charge on any atom is 0.258 e. The third-order valence-corrected chi connectivity index (χ3v) is 3.48. The summed E-state index contributed by atoms with van der Waals surface area (Å²) in [6.07, 6.45) is 0. The van der Waals surface area contributed by atoms with Crippen LogP contribution in [0, 0.1) is 20.8 Å². The summed E-state index contributed by atoms with van der Waals surface area (Å²) in [7, 11) is 1.81. The monoisotopic (exact) mass is 253 g/mol. The second-order valence-electron chi connectivity index (χ2n) is 5.00. The molecule has 0 aliphatic rings. The van der Waals surface area contributed by atoms with Crippen molar-refractivity contribution in [3.05, 3.63) is 64.7 Å². The fourth-order valence-electron chi connectivity index (χ4n) is 1.94. The number of carbonyl (C=O) groups is 1. The van der Waals surface area contributed by atoms with Crippen molar-refractivity contribution in [2.45, 2.75) is 20.8 Å². The van der Waals surface area contributed by atoms with E-state index in [4.69, 9.17) is 0 Å². The molecular weight excluding hydrogens is 234 g/mol. The maximum absolute atomic E-state index is 12.4. The topological polar surface area (TPSA) is 20.3 Å². The van der Waals surface area contributed by atoms with E-state index in [1.54, 1.807) is 4.90 Å². The number of nitrogens with zero attached hydrogens (tertiary/aromatic N) is 1. The van der Waals surface area contributed by atoms with Gasteiger partial charge in [-0.05, 0) is 56.2 Å². The summed E-state index contributed by atoms with van der Waals surface area (Å²) < 4.78 is 0. The number of hydrogen-bond donors (Lipinski definition) is 0. The van der Waals surface area contributed by atoms with E-state index in [2.05, 4.69) is 13.8 Å². The van der Waals surface area contributed by atoms with Gasteiger partial charge in [0.1, 0.15) is 0 Å². The molecule has 2 nitrogen and oxygen atoms in total. The maximum atomic E-state index is 12.4. The fraction of sp³-hybridized carbons (Fsp3) is 0.235. The second-order valence-corrected chi connectivity index (χ2v) is 5.00. The molecule has 0 aliphatic carbocycles. The molecule has 19 heavy (non-hydrogen) atoms. The zero-order valence-corrected chi connectivity index (χ0v) is 11.9. The van der Waals surface area contributed by atoms with Gasteiger partial charge in [0.15, 0.2) is 0 Å². The van der Waals surface area contributed by atoms with Crippen LogP contribution in [0.3, 0.4) is 0 Å². The third kappa shape index (κ3) is 2.84. The Balaban J connectivity index is 2.28. The zero-order chi connectivity index (χ0) is 14.0. The van der Waals surface area contributed by atoms with Crippen molar-refractivity contribution in [3.63, 3.8) is 0 Å². The van der Waals surface area contributed by atoms with Crippen LogP contribution < -0.4 is 4.90 Å². The Morgan fingerprint density at radius 2 is 1.53 bits per heavy atom. The highest BCUT2D eigenvalue weighted by Gasteiger charge is 2.13. The Labute approximate surface area is 114 Å². The first-order valence-electron chi connectivity index (χ1n) is 6.41. The summed E-state index contributed by atoms with van der Waals surface area (Å²) in [6, 6.07) is 13.7. The van der Waals surface area contributed by atoms with Gasteiger partial charge in [-0.2, -0.15) is 0 Å². The average Bonchev–Trinajstić information content (AvgIpc) is 2.41. The molecule has 1 amide bonds. The van der Waals surface area contributed by atoms with Crippen molar-refractivity contribution >= 4 is 11.6 Å². The molecule has 0 aromatic heterocycles. The van der Waals surface area contributed by atoms with Crippen molar-refractivity contribution in [3.8, 4) is 0 Å². The minimum absolute atomic E-state index is 0.0169. The van der Waals surface area contributed by atoms with Gasteiger partial charge in [0.2, 0.25) is 0 Å². The lowest BCUT2D eigenvalue weighted by atomic mass is 10.1. The molecule has 98 valence electrons. The highest BCUT2D eigenvalue weighted by atomic mass is 16.2. The SMILES string of the molecule is Cc1ccc(C(=O)N(C)c2ccc(C)c(C)c2)cc1. The van der Waals surface area contributed by atoms with Crippen LogP contribution in [0.15, 0.2) is 42.5 Å². The van der Waals surface area contributed by atoms with Crippen LogP contribution in [0.5, 0.6) is 0 Å². The van der Waals surface area contributed by atoms with E-state index in [9.17, 15) is 4.79 Å². The minimum atomic E-state index is 0.0169. The molecule has 2 aromatic carbocycles. The number of aryl methyl sites for hydroxylation is 3. The van der Waals surface area contributed by atoms with Crippen LogP contribution in [-0.2, 0) is 0 Å². The molecule has 0 spiro atoms. The highest BCUT2D eigenvalue weighted by Crippen LogP contribution is 2.19. The molecule has 0 aliphatic heterocycles. The van der Waals surface area contributed by atoms with Gasteiger partial charge in [0.25, 0.3) is 5.91 Å². The number of benzene rings is 2. The van der Waals surface area contributed by atoms with E-state index < -0.39 is 0 Å².